The van der Waals surface area contributed by atoms with E-state index in [-0.39, 0.29) is 13.0 Å². The summed E-state index contributed by atoms with van der Waals surface area (Å²) in [6.07, 6.45) is 1.38. The molecule has 0 bridgehead atoms. The smallest absolute Gasteiger partial charge is 0.408 e. The predicted octanol–water partition coefficient (Wildman–Crippen LogP) is 4.20. The average molecular weight is 489 g/mol. The Bertz CT molecular complexity index is 1090. The maximum atomic E-state index is 13.2. The van der Waals surface area contributed by atoms with E-state index >= 15 is 0 Å². The van der Waals surface area contributed by atoms with Crippen molar-refractivity contribution in [1.29, 1.82) is 0 Å². The van der Waals surface area contributed by atoms with Crippen molar-refractivity contribution in [1.82, 2.24) is 10.6 Å². The van der Waals surface area contributed by atoms with Crippen LogP contribution in [0.2, 0.25) is 0 Å². The molecule has 0 saturated heterocycles. The fourth-order valence-electron chi connectivity index (χ4n) is 3.78. The number of ether oxygens (including phenoxy) is 2. The van der Waals surface area contributed by atoms with Gasteiger partial charge in [-0.05, 0) is 36.0 Å². The molecule has 3 aromatic rings. The molecule has 3 rings (SSSR count). The van der Waals surface area contributed by atoms with Gasteiger partial charge in [-0.25, -0.2) is 9.59 Å². The van der Waals surface area contributed by atoms with Crippen molar-refractivity contribution in [3.63, 3.8) is 0 Å². The van der Waals surface area contributed by atoms with Crippen molar-refractivity contribution < 1.29 is 23.9 Å². The molecule has 7 heteroatoms. The van der Waals surface area contributed by atoms with Crippen LogP contribution in [0.4, 0.5) is 4.79 Å². The summed E-state index contributed by atoms with van der Waals surface area (Å²) in [5.74, 6) is -1.01. The molecule has 188 valence electrons. The third kappa shape index (κ3) is 8.91. The first-order chi connectivity index (χ1) is 17.5. The fraction of sp³-hybridized carbons (Fsp3) is 0.276. The summed E-state index contributed by atoms with van der Waals surface area (Å²) < 4.78 is 10.2. The zero-order valence-electron chi connectivity index (χ0n) is 20.4. The number of aryl methyl sites for hydroxylation is 1. The van der Waals surface area contributed by atoms with Gasteiger partial charge in [-0.15, -0.1) is 0 Å². The Balaban J connectivity index is 1.63. The van der Waals surface area contributed by atoms with E-state index in [0.717, 1.165) is 23.1 Å². The van der Waals surface area contributed by atoms with Crippen molar-refractivity contribution in [3.8, 4) is 0 Å². The maximum absolute atomic E-state index is 13.2. The Hall–Kier alpha value is -4.13. The minimum absolute atomic E-state index is 0.0800. The highest BCUT2D eigenvalue weighted by Crippen LogP contribution is 2.10. The van der Waals surface area contributed by atoms with Crippen molar-refractivity contribution >= 4 is 18.0 Å². The van der Waals surface area contributed by atoms with E-state index in [1.807, 2.05) is 91.0 Å². The standard InChI is InChI=1S/C29H32N2O5/c1-35-28(33)25(19-11-18-22-12-5-2-6-13-22)30-27(32)26(20-23-14-7-3-8-15-23)31-29(34)36-21-24-16-9-4-10-17-24/h2-10,12-17,25-26H,11,18-21H2,1H3,(H,30,32)(H,31,34)/t25-,26-/m1/s1. The quantitative estimate of drug-likeness (QED) is 0.373. The van der Waals surface area contributed by atoms with E-state index in [0.29, 0.717) is 12.8 Å². The molecule has 0 aliphatic carbocycles. The number of hydrogen-bond acceptors (Lipinski definition) is 5. The van der Waals surface area contributed by atoms with Crippen LogP contribution >= 0.6 is 0 Å². The van der Waals surface area contributed by atoms with Gasteiger partial charge in [-0.3, -0.25) is 4.79 Å². The van der Waals surface area contributed by atoms with Crippen LogP contribution in [0.15, 0.2) is 91.0 Å². The molecule has 0 heterocycles. The number of hydrogen-bond donors (Lipinski definition) is 2. The third-order valence-electron chi connectivity index (χ3n) is 5.71. The zero-order valence-corrected chi connectivity index (χ0v) is 20.4. The molecule has 0 saturated carbocycles. The predicted molar refractivity (Wildman–Crippen MR) is 137 cm³/mol. The summed E-state index contributed by atoms with van der Waals surface area (Å²) >= 11 is 0. The summed E-state index contributed by atoms with van der Waals surface area (Å²) in [6.45, 7) is 0.0800. The van der Waals surface area contributed by atoms with Crippen LogP contribution in [0, 0.1) is 0 Å². The summed E-state index contributed by atoms with van der Waals surface area (Å²) in [7, 11) is 1.29. The minimum atomic E-state index is -0.933. The number of benzene rings is 3. The van der Waals surface area contributed by atoms with Gasteiger partial charge in [-0.1, -0.05) is 91.0 Å². The lowest BCUT2D eigenvalue weighted by atomic mass is 10.0. The molecular formula is C29H32N2O5. The Morgan fingerprint density at radius 2 is 1.28 bits per heavy atom. The number of nitrogens with one attached hydrogen (secondary N) is 2. The highest BCUT2D eigenvalue weighted by molar-refractivity contribution is 5.89. The summed E-state index contributed by atoms with van der Waals surface area (Å²) in [4.78, 5) is 38.2. The molecule has 2 N–H and O–H groups in total. The number of alkyl carbamates (subject to hydrolysis) is 1. The van der Waals surface area contributed by atoms with Crippen LogP contribution in [0.3, 0.4) is 0 Å². The Morgan fingerprint density at radius 3 is 1.86 bits per heavy atom. The highest BCUT2D eigenvalue weighted by Gasteiger charge is 2.27. The van der Waals surface area contributed by atoms with Crippen molar-refractivity contribution in [3.05, 3.63) is 108 Å². The molecule has 0 aliphatic rings. The van der Waals surface area contributed by atoms with Crippen LogP contribution in [-0.2, 0) is 38.5 Å². The molecule has 0 spiro atoms. The first-order valence-corrected chi connectivity index (χ1v) is 12.0. The number of amides is 2. The monoisotopic (exact) mass is 488 g/mol. The number of methoxy groups -OCH3 is 1. The van der Waals surface area contributed by atoms with Gasteiger partial charge in [0.1, 0.15) is 18.7 Å². The SMILES string of the molecule is COC(=O)[C@@H](CCCc1ccccc1)NC(=O)[C@@H](Cc1ccccc1)NC(=O)OCc1ccccc1. The first kappa shape index (κ1) is 26.5. The lowest BCUT2D eigenvalue weighted by Crippen LogP contribution is -2.52. The van der Waals surface area contributed by atoms with Crippen molar-refractivity contribution in [2.75, 3.05) is 7.11 Å². The second-order valence-electron chi connectivity index (χ2n) is 8.41. The summed E-state index contributed by atoms with van der Waals surface area (Å²) in [5, 5.41) is 5.42. The molecule has 7 nitrogen and oxygen atoms in total. The topological polar surface area (TPSA) is 93.7 Å². The molecule has 0 aromatic heterocycles. The van der Waals surface area contributed by atoms with Gasteiger partial charge < -0.3 is 20.1 Å². The van der Waals surface area contributed by atoms with Gasteiger partial charge in [0.25, 0.3) is 0 Å². The molecule has 0 aliphatic heterocycles. The molecule has 0 radical (unpaired) electrons. The van der Waals surface area contributed by atoms with E-state index in [4.69, 9.17) is 9.47 Å². The lowest BCUT2D eigenvalue weighted by Gasteiger charge is -2.22. The molecule has 0 fully saturated rings. The molecule has 2 atom stereocenters. The molecule has 3 aromatic carbocycles. The van der Waals surface area contributed by atoms with Gasteiger partial charge in [0.2, 0.25) is 5.91 Å². The van der Waals surface area contributed by atoms with Gasteiger partial charge in [0, 0.05) is 6.42 Å². The van der Waals surface area contributed by atoms with Crippen LogP contribution in [-0.4, -0.2) is 37.2 Å². The van der Waals surface area contributed by atoms with Crippen LogP contribution in [0.1, 0.15) is 29.5 Å². The largest absolute Gasteiger partial charge is 0.467 e. The maximum Gasteiger partial charge on any atom is 0.408 e. The number of rotatable bonds is 12. The number of carbonyl (C=O) groups is 3. The van der Waals surface area contributed by atoms with Crippen molar-refractivity contribution in [2.45, 2.75) is 44.4 Å². The highest BCUT2D eigenvalue weighted by atomic mass is 16.5. The second-order valence-corrected chi connectivity index (χ2v) is 8.41. The lowest BCUT2D eigenvalue weighted by molar-refractivity contribution is -0.145. The van der Waals surface area contributed by atoms with E-state index < -0.39 is 30.1 Å². The third-order valence-corrected chi connectivity index (χ3v) is 5.71. The van der Waals surface area contributed by atoms with E-state index in [9.17, 15) is 14.4 Å². The Labute approximate surface area is 211 Å². The molecule has 36 heavy (non-hydrogen) atoms. The van der Waals surface area contributed by atoms with Crippen LogP contribution in [0.25, 0.3) is 0 Å². The summed E-state index contributed by atoms with van der Waals surface area (Å²) in [6, 6.07) is 26.8. The number of carbonyl (C=O) groups excluding carboxylic acids is 3. The van der Waals surface area contributed by atoms with Gasteiger partial charge >= 0.3 is 12.1 Å². The molecule has 2 amide bonds. The second kappa shape index (κ2) is 14.3. The van der Waals surface area contributed by atoms with E-state index in [1.54, 1.807) is 0 Å². The fourth-order valence-corrected chi connectivity index (χ4v) is 3.78. The van der Waals surface area contributed by atoms with E-state index in [1.165, 1.54) is 7.11 Å². The minimum Gasteiger partial charge on any atom is -0.467 e. The summed E-state index contributed by atoms with van der Waals surface area (Å²) in [5.41, 5.74) is 2.85. The van der Waals surface area contributed by atoms with Gasteiger partial charge in [0.15, 0.2) is 0 Å². The van der Waals surface area contributed by atoms with Gasteiger partial charge in [0.05, 0.1) is 7.11 Å². The Morgan fingerprint density at radius 1 is 0.722 bits per heavy atom. The van der Waals surface area contributed by atoms with Crippen LogP contribution in [0.5, 0.6) is 0 Å². The average Bonchev–Trinajstić information content (AvgIpc) is 2.92. The van der Waals surface area contributed by atoms with Crippen LogP contribution < -0.4 is 10.6 Å². The van der Waals surface area contributed by atoms with Crippen molar-refractivity contribution in [2.24, 2.45) is 0 Å². The first-order valence-electron chi connectivity index (χ1n) is 12.0. The molecule has 0 unspecified atom stereocenters. The van der Waals surface area contributed by atoms with E-state index in [2.05, 4.69) is 10.6 Å². The molecular weight excluding hydrogens is 456 g/mol. The van der Waals surface area contributed by atoms with Gasteiger partial charge in [-0.2, -0.15) is 0 Å². The zero-order chi connectivity index (χ0) is 25.6. The number of esters is 1. The normalized spacial score (nSPS) is 12.1. The Kier molecular flexibility index (Phi) is 10.5.